The number of carbonyl (C=O) groups is 3. The zero-order valence-corrected chi connectivity index (χ0v) is 22.4. The molecule has 39 heavy (non-hydrogen) atoms. The molecule has 1 saturated heterocycles. The Bertz CT molecular complexity index is 1340. The van der Waals surface area contributed by atoms with Crippen LogP contribution in [0.4, 0.5) is 5.88 Å². The SMILES string of the molecule is Cc1noc(NC(=O)C2OCOC2C(=O)NC(Cc2ccc(OCc3c(Cl)cccc3Cl)cc2)C(=O)O)c1C. The van der Waals surface area contributed by atoms with Gasteiger partial charge in [-0.25, -0.2) is 4.79 Å². The van der Waals surface area contributed by atoms with Gasteiger partial charge in [0.1, 0.15) is 25.2 Å². The van der Waals surface area contributed by atoms with Gasteiger partial charge in [0.25, 0.3) is 11.8 Å². The fourth-order valence-corrected chi connectivity index (χ4v) is 4.25. The standard InChI is InChI=1S/C26H25Cl2N3O8/c1-13-14(2)31-39-25(13)30-24(33)22-21(37-12-38-22)23(32)29-20(26(34)35)10-15-6-8-16(9-7-15)36-11-17-18(27)4-3-5-19(17)28/h3-9,20-22H,10-12H2,1-2H3,(H,29,32)(H,30,33)(H,34,35). The van der Waals surface area contributed by atoms with Crippen molar-refractivity contribution >= 4 is 46.9 Å². The summed E-state index contributed by atoms with van der Waals surface area (Å²) < 4.78 is 21.4. The molecule has 0 radical (unpaired) electrons. The lowest BCUT2D eigenvalue weighted by Gasteiger charge is -2.20. The Morgan fingerprint density at radius 1 is 1.05 bits per heavy atom. The molecule has 13 heteroatoms. The number of benzene rings is 2. The number of carbonyl (C=O) groups excluding carboxylic acids is 2. The van der Waals surface area contributed by atoms with E-state index in [-0.39, 0.29) is 25.7 Å². The van der Waals surface area contributed by atoms with Gasteiger partial charge in [-0.1, -0.05) is 46.6 Å². The lowest BCUT2D eigenvalue weighted by Crippen LogP contribution is -2.51. The maximum atomic E-state index is 12.9. The first-order chi connectivity index (χ1) is 18.6. The number of hydrogen-bond donors (Lipinski definition) is 3. The van der Waals surface area contributed by atoms with Crippen LogP contribution in [0.5, 0.6) is 5.75 Å². The number of anilines is 1. The van der Waals surface area contributed by atoms with Crippen LogP contribution >= 0.6 is 23.2 Å². The van der Waals surface area contributed by atoms with Gasteiger partial charge in [-0.15, -0.1) is 0 Å². The first-order valence-corrected chi connectivity index (χ1v) is 12.5. The van der Waals surface area contributed by atoms with Gasteiger partial charge >= 0.3 is 5.97 Å². The van der Waals surface area contributed by atoms with Crippen molar-refractivity contribution in [1.82, 2.24) is 10.5 Å². The molecule has 0 saturated carbocycles. The molecule has 206 valence electrons. The van der Waals surface area contributed by atoms with Gasteiger partial charge in [0.05, 0.1) is 5.69 Å². The normalized spacial score (nSPS) is 17.4. The Kier molecular flexibility index (Phi) is 9.08. The second kappa shape index (κ2) is 12.5. The molecular formula is C26H25Cl2N3O8. The Balaban J connectivity index is 1.35. The summed E-state index contributed by atoms with van der Waals surface area (Å²) in [5.41, 5.74) is 2.49. The summed E-state index contributed by atoms with van der Waals surface area (Å²) in [5.74, 6) is -2.11. The van der Waals surface area contributed by atoms with Gasteiger partial charge in [-0.3, -0.25) is 14.9 Å². The van der Waals surface area contributed by atoms with Crippen LogP contribution in [0.15, 0.2) is 47.0 Å². The summed E-state index contributed by atoms with van der Waals surface area (Å²) in [5, 5.41) is 19.4. The number of rotatable bonds is 10. The molecule has 1 fully saturated rings. The molecule has 2 amide bonds. The number of ether oxygens (including phenoxy) is 3. The van der Waals surface area contributed by atoms with Crippen molar-refractivity contribution in [2.45, 2.75) is 45.1 Å². The number of carboxylic acids is 1. The molecule has 0 spiro atoms. The Morgan fingerprint density at radius 3 is 2.28 bits per heavy atom. The summed E-state index contributed by atoms with van der Waals surface area (Å²) in [6.45, 7) is 3.26. The number of aromatic nitrogens is 1. The molecule has 3 aromatic rings. The predicted octanol–water partition coefficient (Wildman–Crippen LogP) is 3.67. The lowest BCUT2D eigenvalue weighted by molar-refractivity contribution is -0.144. The second-order valence-electron chi connectivity index (χ2n) is 8.74. The number of halogens is 2. The van der Waals surface area contributed by atoms with E-state index in [0.717, 1.165) is 0 Å². The average molecular weight is 578 g/mol. The number of hydrogen-bond acceptors (Lipinski definition) is 8. The molecule has 4 rings (SSSR count). The highest BCUT2D eigenvalue weighted by atomic mass is 35.5. The van der Waals surface area contributed by atoms with Crippen molar-refractivity contribution < 1.29 is 38.2 Å². The second-order valence-corrected chi connectivity index (χ2v) is 9.55. The van der Waals surface area contributed by atoms with Crippen LogP contribution < -0.4 is 15.4 Å². The van der Waals surface area contributed by atoms with Crippen LogP contribution in [0.2, 0.25) is 10.0 Å². The number of nitrogens with one attached hydrogen (secondary N) is 2. The molecule has 3 N–H and O–H groups in total. The van der Waals surface area contributed by atoms with Gasteiger partial charge < -0.3 is 29.2 Å². The van der Waals surface area contributed by atoms with Crippen molar-refractivity contribution in [3.05, 3.63) is 74.9 Å². The van der Waals surface area contributed by atoms with Crippen LogP contribution in [0.3, 0.4) is 0 Å². The van der Waals surface area contributed by atoms with Crippen LogP contribution in [0.25, 0.3) is 0 Å². The van der Waals surface area contributed by atoms with E-state index in [1.54, 1.807) is 56.3 Å². The predicted molar refractivity (Wildman–Crippen MR) is 140 cm³/mol. The third-order valence-corrected chi connectivity index (χ3v) is 6.81. The summed E-state index contributed by atoms with van der Waals surface area (Å²) in [6.07, 6.45) is -2.70. The van der Waals surface area contributed by atoms with Gasteiger partial charge in [-0.2, -0.15) is 0 Å². The number of amides is 2. The van der Waals surface area contributed by atoms with E-state index < -0.39 is 36.0 Å². The van der Waals surface area contributed by atoms with Crippen LogP contribution in [-0.4, -0.2) is 53.1 Å². The molecule has 2 aromatic carbocycles. The minimum atomic E-state index is -1.36. The molecule has 1 aliphatic rings. The minimum absolute atomic E-state index is 0.0291. The molecule has 0 bridgehead atoms. The van der Waals surface area contributed by atoms with Crippen molar-refractivity contribution in [3.8, 4) is 5.75 Å². The number of nitrogens with zero attached hydrogens (tertiary/aromatic N) is 1. The monoisotopic (exact) mass is 577 g/mol. The number of aliphatic carboxylic acids is 1. The Hall–Kier alpha value is -3.64. The van der Waals surface area contributed by atoms with Crippen LogP contribution in [0.1, 0.15) is 22.4 Å². The molecule has 2 heterocycles. The molecule has 3 unspecified atom stereocenters. The first kappa shape index (κ1) is 28.4. The summed E-state index contributed by atoms with van der Waals surface area (Å²) in [6, 6.07) is 10.6. The van der Waals surface area contributed by atoms with E-state index in [0.29, 0.717) is 38.2 Å². The third-order valence-electron chi connectivity index (χ3n) is 6.10. The van der Waals surface area contributed by atoms with Crippen molar-refractivity contribution in [3.63, 3.8) is 0 Å². The molecule has 0 aliphatic carbocycles. The van der Waals surface area contributed by atoms with Crippen molar-refractivity contribution in [2.75, 3.05) is 12.1 Å². The smallest absolute Gasteiger partial charge is 0.326 e. The molecule has 3 atom stereocenters. The zero-order valence-electron chi connectivity index (χ0n) is 20.9. The van der Waals surface area contributed by atoms with E-state index in [1.165, 1.54) is 0 Å². The van der Waals surface area contributed by atoms with Crippen molar-refractivity contribution in [1.29, 1.82) is 0 Å². The van der Waals surface area contributed by atoms with E-state index in [4.69, 9.17) is 41.9 Å². The molecule has 1 aliphatic heterocycles. The Labute approximate surface area is 233 Å². The fraction of sp³-hybridized carbons (Fsp3) is 0.308. The zero-order chi connectivity index (χ0) is 28.1. The van der Waals surface area contributed by atoms with Gasteiger partial charge in [0.2, 0.25) is 5.88 Å². The van der Waals surface area contributed by atoms with Gasteiger partial charge in [0.15, 0.2) is 12.2 Å². The molecular weight excluding hydrogens is 553 g/mol. The Morgan fingerprint density at radius 2 is 1.69 bits per heavy atom. The lowest BCUT2D eigenvalue weighted by atomic mass is 10.0. The highest BCUT2D eigenvalue weighted by Crippen LogP contribution is 2.26. The first-order valence-electron chi connectivity index (χ1n) is 11.8. The highest BCUT2D eigenvalue weighted by molar-refractivity contribution is 6.35. The third kappa shape index (κ3) is 6.87. The van der Waals surface area contributed by atoms with Gasteiger partial charge in [-0.05, 0) is 43.7 Å². The molecule has 1 aromatic heterocycles. The maximum absolute atomic E-state index is 12.9. The number of carboxylic acid groups (broad SMARTS) is 1. The quantitative estimate of drug-likeness (QED) is 0.328. The van der Waals surface area contributed by atoms with Crippen molar-refractivity contribution in [2.24, 2.45) is 0 Å². The van der Waals surface area contributed by atoms with Gasteiger partial charge in [0, 0.05) is 27.6 Å². The summed E-state index contributed by atoms with van der Waals surface area (Å²) in [7, 11) is 0. The average Bonchev–Trinajstić information content (AvgIpc) is 3.52. The fourth-order valence-electron chi connectivity index (χ4n) is 3.74. The largest absolute Gasteiger partial charge is 0.489 e. The van der Waals surface area contributed by atoms with Crippen LogP contribution in [-0.2, 0) is 36.9 Å². The maximum Gasteiger partial charge on any atom is 0.326 e. The van der Waals surface area contributed by atoms with Crippen LogP contribution in [0, 0.1) is 13.8 Å². The topological polar surface area (TPSA) is 149 Å². The van der Waals surface area contributed by atoms with E-state index >= 15 is 0 Å². The minimum Gasteiger partial charge on any atom is -0.489 e. The highest BCUT2D eigenvalue weighted by Gasteiger charge is 2.42. The van der Waals surface area contributed by atoms with E-state index in [9.17, 15) is 19.5 Å². The van der Waals surface area contributed by atoms with E-state index in [1.807, 2.05) is 0 Å². The molecule has 11 nitrogen and oxygen atoms in total. The van der Waals surface area contributed by atoms with E-state index in [2.05, 4.69) is 15.8 Å². The summed E-state index contributed by atoms with van der Waals surface area (Å²) in [4.78, 5) is 37.5. The summed E-state index contributed by atoms with van der Waals surface area (Å²) >= 11 is 12.3. The number of aryl methyl sites for hydroxylation is 1.